The minimum atomic E-state index is -0.403. The van der Waals surface area contributed by atoms with E-state index in [0.717, 1.165) is 5.56 Å². The van der Waals surface area contributed by atoms with Crippen LogP contribution in [-0.4, -0.2) is 23.7 Å². The molecule has 1 amide bonds. The summed E-state index contributed by atoms with van der Waals surface area (Å²) in [5.41, 5.74) is 0.814. The first kappa shape index (κ1) is 14.3. The molecule has 0 aliphatic heterocycles. The fourth-order valence-corrected chi connectivity index (χ4v) is 1.64. The van der Waals surface area contributed by atoms with E-state index in [9.17, 15) is 4.79 Å². The van der Waals surface area contributed by atoms with E-state index in [4.69, 9.17) is 28.3 Å². The number of hydrogen-bond donors (Lipinski definition) is 2. The number of hydrogen-bond acceptors (Lipinski definition) is 2. The van der Waals surface area contributed by atoms with Crippen molar-refractivity contribution in [3.8, 4) is 0 Å². The molecule has 0 heterocycles. The van der Waals surface area contributed by atoms with Crippen molar-refractivity contribution in [2.45, 2.75) is 25.9 Å². The highest BCUT2D eigenvalue weighted by Crippen LogP contribution is 2.22. The number of carbonyl (C=O) groups excluding carboxylic acids is 1. The smallest absolute Gasteiger partial charge is 0.224 e. The van der Waals surface area contributed by atoms with E-state index in [-0.39, 0.29) is 12.3 Å². The Kier molecular flexibility index (Phi) is 5.75. The van der Waals surface area contributed by atoms with Crippen LogP contribution < -0.4 is 5.32 Å². The molecule has 0 saturated heterocycles. The van der Waals surface area contributed by atoms with E-state index < -0.39 is 6.10 Å². The molecule has 2 N–H and O–H groups in total. The predicted octanol–water partition coefficient (Wildman–Crippen LogP) is 2.42. The molecule has 1 atom stereocenters. The van der Waals surface area contributed by atoms with Crippen molar-refractivity contribution >= 4 is 29.1 Å². The Morgan fingerprint density at radius 3 is 2.71 bits per heavy atom. The van der Waals surface area contributed by atoms with Gasteiger partial charge in [-0.3, -0.25) is 4.79 Å². The molecule has 1 aromatic carbocycles. The SMILES string of the molecule is CC(O)CCNC(=O)Cc1ccc(Cl)c(Cl)c1. The van der Waals surface area contributed by atoms with Crippen molar-refractivity contribution in [2.75, 3.05) is 6.54 Å². The molecule has 0 aromatic heterocycles. The van der Waals surface area contributed by atoms with Crippen LogP contribution in [0.25, 0.3) is 0 Å². The van der Waals surface area contributed by atoms with Gasteiger partial charge in [-0.05, 0) is 31.0 Å². The second kappa shape index (κ2) is 6.84. The van der Waals surface area contributed by atoms with Crippen LogP contribution in [0.4, 0.5) is 0 Å². The molecule has 0 spiro atoms. The summed E-state index contributed by atoms with van der Waals surface area (Å²) in [5.74, 6) is -0.0935. The van der Waals surface area contributed by atoms with E-state index in [1.807, 2.05) is 0 Å². The highest BCUT2D eigenvalue weighted by molar-refractivity contribution is 6.42. The van der Waals surface area contributed by atoms with Gasteiger partial charge in [-0.15, -0.1) is 0 Å². The number of nitrogens with one attached hydrogen (secondary N) is 1. The lowest BCUT2D eigenvalue weighted by atomic mass is 10.1. The molecule has 1 rings (SSSR count). The maximum absolute atomic E-state index is 11.5. The van der Waals surface area contributed by atoms with Crippen LogP contribution in [0.2, 0.25) is 10.0 Å². The van der Waals surface area contributed by atoms with Crippen LogP contribution >= 0.6 is 23.2 Å². The van der Waals surface area contributed by atoms with Crippen molar-refractivity contribution in [2.24, 2.45) is 0 Å². The van der Waals surface area contributed by atoms with Crippen LogP contribution in [0.5, 0.6) is 0 Å². The number of amides is 1. The maximum atomic E-state index is 11.5. The van der Waals surface area contributed by atoms with E-state index in [2.05, 4.69) is 5.32 Å². The lowest BCUT2D eigenvalue weighted by Crippen LogP contribution is -2.27. The molecule has 0 bridgehead atoms. The van der Waals surface area contributed by atoms with Gasteiger partial charge in [-0.2, -0.15) is 0 Å². The van der Waals surface area contributed by atoms with Gasteiger partial charge in [0.15, 0.2) is 0 Å². The number of aliphatic hydroxyl groups is 1. The van der Waals surface area contributed by atoms with Crippen LogP contribution in [0.3, 0.4) is 0 Å². The summed E-state index contributed by atoms with van der Waals surface area (Å²) in [4.78, 5) is 11.5. The van der Waals surface area contributed by atoms with Gasteiger partial charge in [-0.25, -0.2) is 0 Å². The Morgan fingerprint density at radius 2 is 2.12 bits per heavy atom. The summed E-state index contributed by atoms with van der Waals surface area (Å²) in [7, 11) is 0. The molecular formula is C12H15Cl2NO2. The number of benzene rings is 1. The van der Waals surface area contributed by atoms with Crippen LogP contribution in [-0.2, 0) is 11.2 Å². The molecule has 1 unspecified atom stereocenters. The van der Waals surface area contributed by atoms with Gasteiger partial charge in [-0.1, -0.05) is 29.3 Å². The number of rotatable bonds is 5. The van der Waals surface area contributed by atoms with Gasteiger partial charge >= 0.3 is 0 Å². The largest absolute Gasteiger partial charge is 0.393 e. The molecule has 94 valence electrons. The first-order valence-corrected chi connectivity index (χ1v) is 6.13. The highest BCUT2D eigenvalue weighted by Gasteiger charge is 2.05. The third-order valence-electron chi connectivity index (χ3n) is 2.23. The number of halogens is 2. The van der Waals surface area contributed by atoms with Gasteiger partial charge in [0.1, 0.15) is 0 Å². The molecule has 1 aromatic rings. The minimum absolute atomic E-state index is 0.0935. The van der Waals surface area contributed by atoms with Gasteiger partial charge < -0.3 is 10.4 Å². The summed E-state index contributed by atoms with van der Waals surface area (Å²) >= 11 is 11.6. The summed E-state index contributed by atoms with van der Waals surface area (Å²) in [6.45, 7) is 2.16. The number of carbonyl (C=O) groups is 1. The Hall–Kier alpha value is -0.770. The minimum Gasteiger partial charge on any atom is -0.393 e. The highest BCUT2D eigenvalue weighted by atomic mass is 35.5. The quantitative estimate of drug-likeness (QED) is 0.867. The zero-order valence-electron chi connectivity index (χ0n) is 9.54. The first-order chi connectivity index (χ1) is 7.99. The van der Waals surface area contributed by atoms with Gasteiger partial charge in [0.05, 0.1) is 22.6 Å². The van der Waals surface area contributed by atoms with E-state index in [1.54, 1.807) is 25.1 Å². The molecule has 5 heteroatoms. The zero-order chi connectivity index (χ0) is 12.8. The third kappa shape index (κ3) is 5.39. The van der Waals surface area contributed by atoms with E-state index in [0.29, 0.717) is 23.0 Å². The van der Waals surface area contributed by atoms with Crippen molar-refractivity contribution in [3.63, 3.8) is 0 Å². The van der Waals surface area contributed by atoms with E-state index >= 15 is 0 Å². The second-order valence-electron chi connectivity index (χ2n) is 3.91. The summed E-state index contributed by atoms with van der Waals surface area (Å²) in [6, 6.07) is 5.11. The van der Waals surface area contributed by atoms with Crippen molar-refractivity contribution in [1.82, 2.24) is 5.32 Å². The Balaban J connectivity index is 2.42. The second-order valence-corrected chi connectivity index (χ2v) is 4.73. The van der Waals surface area contributed by atoms with Gasteiger partial charge in [0.25, 0.3) is 0 Å². The normalized spacial score (nSPS) is 12.2. The first-order valence-electron chi connectivity index (χ1n) is 5.37. The van der Waals surface area contributed by atoms with Crippen molar-refractivity contribution < 1.29 is 9.90 Å². The topological polar surface area (TPSA) is 49.3 Å². The standard InChI is InChI=1S/C12H15Cl2NO2/c1-8(16)4-5-15-12(17)7-9-2-3-10(13)11(14)6-9/h2-3,6,8,16H,4-5,7H2,1H3,(H,15,17). The lowest BCUT2D eigenvalue weighted by molar-refractivity contribution is -0.120. The summed E-state index contributed by atoms with van der Waals surface area (Å²) in [6.07, 6.45) is 0.407. The monoisotopic (exact) mass is 275 g/mol. The molecule has 0 radical (unpaired) electrons. The molecule has 3 nitrogen and oxygen atoms in total. The van der Waals surface area contributed by atoms with Crippen LogP contribution in [0, 0.1) is 0 Å². The summed E-state index contributed by atoms with van der Waals surface area (Å²) < 4.78 is 0. The predicted molar refractivity (Wildman–Crippen MR) is 69.5 cm³/mol. The fraction of sp³-hybridized carbons (Fsp3) is 0.417. The average molecular weight is 276 g/mol. The molecule has 0 aliphatic carbocycles. The molecule has 17 heavy (non-hydrogen) atoms. The number of aliphatic hydroxyl groups excluding tert-OH is 1. The van der Waals surface area contributed by atoms with Crippen LogP contribution in [0.1, 0.15) is 18.9 Å². The molecule has 0 aliphatic rings. The van der Waals surface area contributed by atoms with Crippen molar-refractivity contribution in [3.05, 3.63) is 33.8 Å². The van der Waals surface area contributed by atoms with Crippen molar-refractivity contribution in [1.29, 1.82) is 0 Å². The lowest BCUT2D eigenvalue weighted by Gasteiger charge is -2.07. The Labute approximate surface area is 111 Å². The fourth-order valence-electron chi connectivity index (χ4n) is 1.32. The van der Waals surface area contributed by atoms with Crippen LogP contribution in [0.15, 0.2) is 18.2 Å². The maximum Gasteiger partial charge on any atom is 0.224 e. The molecule has 0 saturated carbocycles. The third-order valence-corrected chi connectivity index (χ3v) is 2.97. The zero-order valence-corrected chi connectivity index (χ0v) is 11.1. The molecule has 0 fully saturated rings. The van der Waals surface area contributed by atoms with Gasteiger partial charge in [0.2, 0.25) is 5.91 Å². The molecular weight excluding hydrogens is 261 g/mol. The van der Waals surface area contributed by atoms with E-state index in [1.165, 1.54) is 0 Å². The Bertz CT molecular complexity index is 394. The Morgan fingerprint density at radius 1 is 1.41 bits per heavy atom. The summed E-state index contributed by atoms with van der Waals surface area (Å²) in [5, 5.41) is 12.7. The average Bonchev–Trinajstić information content (AvgIpc) is 2.23. The van der Waals surface area contributed by atoms with Gasteiger partial charge in [0, 0.05) is 6.54 Å².